The Bertz CT molecular complexity index is 1020. The van der Waals surface area contributed by atoms with Gasteiger partial charge in [0.05, 0.1) is 20.3 Å². The van der Waals surface area contributed by atoms with E-state index in [2.05, 4.69) is 9.05 Å². The van der Waals surface area contributed by atoms with Crippen molar-refractivity contribution in [2.45, 2.75) is 13.2 Å². The van der Waals surface area contributed by atoms with Crippen molar-refractivity contribution >= 4 is 27.8 Å². The predicted molar refractivity (Wildman–Crippen MR) is 96.7 cm³/mol. The molecule has 0 aromatic heterocycles. The molecule has 0 fully saturated rings. The number of hydrogen-bond donors (Lipinski definition) is 2. The third-order valence-electron chi connectivity index (χ3n) is 3.73. The van der Waals surface area contributed by atoms with Crippen LogP contribution in [0.25, 0.3) is 12.2 Å². The Balaban J connectivity index is -0.00000240. The zero-order valence-corrected chi connectivity index (χ0v) is 29.2. The first kappa shape index (κ1) is 40.3. The van der Waals surface area contributed by atoms with Crippen molar-refractivity contribution in [3.63, 3.8) is 0 Å². The van der Waals surface area contributed by atoms with Gasteiger partial charge in [-0.05, 0) is 41.0 Å². The van der Waals surface area contributed by atoms with Crippen LogP contribution in [0.15, 0.2) is 30.3 Å². The van der Waals surface area contributed by atoms with Crippen molar-refractivity contribution in [2.75, 3.05) is 7.11 Å². The molecule has 34 heavy (non-hydrogen) atoms. The van der Waals surface area contributed by atoms with E-state index < -0.39 is 27.1 Å². The molecule has 11 nitrogen and oxygen atoms in total. The number of aliphatic hydroxyl groups excluding tert-OH is 2. The number of benzene rings is 2. The maximum Gasteiger partial charge on any atom is 1.00 e. The van der Waals surface area contributed by atoms with Gasteiger partial charge in [-0.15, -0.1) is 0 Å². The van der Waals surface area contributed by atoms with Gasteiger partial charge in [0, 0.05) is 5.56 Å². The third kappa shape index (κ3) is 13.6. The number of aliphatic hydroxyl groups is 2. The van der Waals surface area contributed by atoms with Gasteiger partial charge in [-0.1, -0.05) is 18.2 Å². The zero-order chi connectivity index (χ0) is 22.5. The number of phosphoric ester groups is 2. The van der Waals surface area contributed by atoms with Crippen LogP contribution in [0.3, 0.4) is 0 Å². The maximum atomic E-state index is 10.9. The van der Waals surface area contributed by atoms with Gasteiger partial charge in [0.1, 0.15) is 21.4 Å². The van der Waals surface area contributed by atoms with Crippen LogP contribution in [0.5, 0.6) is 17.2 Å². The van der Waals surface area contributed by atoms with Crippen LogP contribution in [0.1, 0.15) is 22.3 Å². The minimum Gasteiger partial charge on any atom is -0.780 e. The first-order chi connectivity index (χ1) is 14.0. The van der Waals surface area contributed by atoms with Crippen molar-refractivity contribution in [3.05, 3.63) is 52.6 Å². The fraction of sp³-hybridized carbons (Fsp3) is 0.176. The summed E-state index contributed by atoms with van der Waals surface area (Å²) < 4.78 is 35.2. The Labute approximate surface area is 284 Å². The van der Waals surface area contributed by atoms with E-state index in [1.165, 1.54) is 25.3 Å². The summed E-state index contributed by atoms with van der Waals surface area (Å²) in [6.07, 6.45) is 2.97. The average molecular weight is 550 g/mol. The van der Waals surface area contributed by atoms with Crippen molar-refractivity contribution in [3.8, 4) is 17.2 Å². The summed E-state index contributed by atoms with van der Waals surface area (Å²) in [5.74, 6) is -1.21. The summed E-state index contributed by atoms with van der Waals surface area (Å²) in [7, 11) is -9.72. The van der Waals surface area contributed by atoms with Crippen LogP contribution in [0.4, 0.5) is 0 Å². The van der Waals surface area contributed by atoms with E-state index in [1.54, 1.807) is 12.1 Å². The van der Waals surface area contributed by atoms with Crippen LogP contribution in [-0.2, 0) is 22.3 Å². The molecule has 0 radical (unpaired) electrons. The summed E-state index contributed by atoms with van der Waals surface area (Å²) in [5.41, 5.74) is 1.63. The van der Waals surface area contributed by atoms with Crippen molar-refractivity contribution < 1.29 is 171 Å². The number of ether oxygens (including phenoxy) is 1. The largest absolute Gasteiger partial charge is 1.00 e. The number of phosphoric acid groups is 2. The summed E-state index contributed by atoms with van der Waals surface area (Å²) in [6.45, 7) is -0.705. The van der Waals surface area contributed by atoms with E-state index in [1.807, 2.05) is 0 Å². The Kier molecular flexibility index (Phi) is 21.5. The van der Waals surface area contributed by atoms with E-state index in [0.717, 1.165) is 12.1 Å². The summed E-state index contributed by atoms with van der Waals surface area (Å²) in [4.78, 5) is 43.4. The van der Waals surface area contributed by atoms with Gasteiger partial charge < -0.3 is 52.7 Å². The van der Waals surface area contributed by atoms with E-state index in [0.29, 0.717) is 22.4 Å². The number of rotatable bonds is 9. The molecule has 0 aliphatic carbocycles. The SMILES string of the molecule is COc1cc(/C=C\c2ccc(OP(=O)([O-])[O-])c(OP(=O)([O-])[O-])c2)cc(CO)c1CO.[Na+].[Na+].[Na+].[Na+]. The molecule has 0 aliphatic heterocycles. The predicted octanol–water partition coefficient (Wildman–Crippen LogP) is -12.7. The molecule has 2 aromatic carbocycles. The van der Waals surface area contributed by atoms with Gasteiger partial charge in [0.15, 0.2) is 11.5 Å². The van der Waals surface area contributed by atoms with Crippen molar-refractivity contribution in [1.29, 1.82) is 0 Å². The molecule has 2 N–H and O–H groups in total. The Morgan fingerprint density at radius 1 is 0.765 bits per heavy atom. The number of methoxy groups -OCH3 is 1. The summed E-state index contributed by atoms with van der Waals surface area (Å²) in [6, 6.07) is 6.36. The van der Waals surface area contributed by atoms with Gasteiger partial charge in [0.25, 0.3) is 0 Å². The maximum absolute atomic E-state index is 10.9. The van der Waals surface area contributed by atoms with Crippen molar-refractivity contribution in [2.24, 2.45) is 0 Å². The van der Waals surface area contributed by atoms with Gasteiger partial charge >= 0.3 is 118 Å². The Morgan fingerprint density at radius 2 is 1.26 bits per heavy atom. The molecular weight excluding hydrogens is 534 g/mol. The second-order valence-electron chi connectivity index (χ2n) is 5.79. The Morgan fingerprint density at radius 3 is 1.74 bits per heavy atom. The van der Waals surface area contributed by atoms with Gasteiger partial charge in [-0.25, -0.2) is 0 Å². The molecule has 0 saturated carbocycles. The standard InChI is InChI=1S/C17H20O11P2.4Na/c1-26-16-8-12(6-13(9-18)14(16)10-19)3-2-11-4-5-15(27-29(20,21)22)17(7-11)28-30(23,24)25;;;;/h2-8,18-19H,9-10H2,1H3,(H2,20,21,22)(H2,23,24,25);;;;/q;4*+1/p-4/b3-2-;;;;. The van der Waals surface area contributed by atoms with Gasteiger partial charge in [-0.3, -0.25) is 0 Å². The second-order valence-corrected chi connectivity index (χ2v) is 7.95. The first-order valence-corrected chi connectivity index (χ1v) is 11.0. The minimum absolute atomic E-state index is 0. The summed E-state index contributed by atoms with van der Waals surface area (Å²) >= 11 is 0. The fourth-order valence-electron chi connectivity index (χ4n) is 2.53. The Hall–Kier alpha value is 1.80. The molecule has 0 heterocycles. The van der Waals surface area contributed by atoms with E-state index in [9.17, 15) is 38.9 Å². The molecule has 0 aliphatic rings. The van der Waals surface area contributed by atoms with Crippen LogP contribution in [0, 0.1) is 0 Å². The second kappa shape index (κ2) is 18.2. The third-order valence-corrected chi connectivity index (χ3v) is 4.57. The van der Waals surface area contributed by atoms with Crippen LogP contribution in [-0.4, -0.2) is 17.3 Å². The molecule has 0 bridgehead atoms. The first-order valence-electron chi connectivity index (χ1n) is 8.12. The molecule has 0 atom stereocenters. The van der Waals surface area contributed by atoms with Crippen molar-refractivity contribution in [1.82, 2.24) is 0 Å². The average Bonchev–Trinajstić information content (AvgIpc) is 2.64. The topological polar surface area (TPSA) is 195 Å². The van der Waals surface area contributed by atoms with Crippen LogP contribution >= 0.6 is 15.6 Å². The number of hydrogen-bond acceptors (Lipinski definition) is 11. The normalized spacial score (nSPS) is 10.8. The smallest absolute Gasteiger partial charge is 0.780 e. The fourth-order valence-corrected chi connectivity index (χ4v) is 3.31. The minimum atomic E-state index is -5.57. The molecule has 17 heteroatoms. The molecule has 164 valence electrons. The zero-order valence-electron chi connectivity index (χ0n) is 19.4. The quantitative estimate of drug-likeness (QED) is 0.171. The molecule has 0 spiro atoms. The molecule has 2 rings (SSSR count). The molecule has 0 unspecified atom stereocenters. The molecule has 0 amide bonds. The van der Waals surface area contributed by atoms with E-state index in [4.69, 9.17) is 4.74 Å². The van der Waals surface area contributed by atoms with Crippen LogP contribution in [0.2, 0.25) is 0 Å². The van der Waals surface area contributed by atoms with Crippen LogP contribution < -0.4 is 152 Å². The van der Waals surface area contributed by atoms with E-state index in [-0.39, 0.29) is 137 Å². The molecule has 2 aromatic rings. The molecular formula is C17H16Na4O11P2. The van der Waals surface area contributed by atoms with Gasteiger partial charge in [-0.2, -0.15) is 0 Å². The van der Waals surface area contributed by atoms with Gasteiger partial charge in [0.2, 0.25) is 0 Å². The monoisotopic (exact) mass is 550 g/mol. The summed E-state index contributed by atoms with van der Waals surface area (Å²) in [5, 5.41) is 18.9. The molecule has 0 saturated heterocycles. The van der Waals surface area contributed by atoms with E-state index >= 15 is 0 Å².